The topological polar surface area (TPSA) is 98.0 Å². The summed E-state index contributed by atoms with van der Waals surface area (Å²) in [5, 5.41) is 5.90. The Hall–Kier alpha value is -2.49. The zero-order valence-corrected chi connectivity index (χ0v) is 18.7. The Morgan fingerprint density at radius 1 is 1.04 bits per heavy atom. The number of nitrogens with zero attached hydrogens (tertiary/aromatic N) is 1. The molecule has 8 heteroatoms. The van der Waals surface area contributed by atoms with Crippen LogP contribution in [0.15, 0.2) is 47.5 Å². The number of halogens is 1. The van der Waals surface area contributed by atoms with Gasteiger partial charge in [-0.15, -0.1) is 24.0 Å². The first-order valence-corrected chi connectivity index (χ1v) is 8.73. The number of benzene rings is 2. The van der Waals surface area contributed by atoms with Gasteiger partial charge in [0.05, 0.1) is 20.8 Å². The molecule has 0 radical (unpaired) electrons. The van der Waals surface area contributed by atoms with Gasteiger partial charge in [0.15, 0.2) is 17.5 Å². The number of nitrogens with one attached hydrogen (secondary N) is 2. The van der Waals surface area contributed by atoms with Crippen molar-refractivity contribution in [2.75, 3.05) is 24.9 Å². The van der Waals surface area contributed by atoms with Gasteiger partial charge in [0.25, 0.3) is 0 Å². The monoisotopic (exact) mass is 498 g/mol. The second kappa shape index (κ2) is 12.1. The number of hydrogen-bond donors (Lipinski definition) is 3. The molecule has 2 aromatic carbocycles. The van der Waals surface area contributed by atoms with Crippen molar-refractivity contribution in [1.82, 2.24) is 0 Å². The first-order valence-electron chi connectivity index (χ1n) is 8.73. The average molecular weight is 498 g/mol. The van der Waals surface area contributed by atoms with Crippen LogP contribution in [0.5, 0.6) is 11.5 Å². The van der Waals surface area contributed by atoms with E-state index in [9.17, 15) is 4.79 Å². The van der Waals surface area contributed by atoms with Crippen molar-refractivity contribution in [1.29, 1.82) is 0 Å². The van der Waals surface area contributed by atoms with Crippen molar-refractivity contribution in [2.45, 2.75) is 26.3 Å². The molecule has 0 saturated carbocycles. The molecule has 28 heavy (non-hydrogen) atoms. The van der Waals surface area contributed by atoms with Crippen molar-refractivity contribution in [3.8, 4) is 11.5 Å². The molecule has 0 saturated heterocycles. The summed E-state index contributed by atoms with van der Waals surface area (Å²) in [6.07, 6.45) is 1.32. The van der Waals surface area contributed by atoms with E-state index in [1.165, 1.54) is 0 Å². The second-order valence-electron chi connectivity index (χ2n) is 5.89. The molecule has 0 aliphatic carbocycles. The van der Waals surface area contributed by atoms with E-state index in [4.69, 9.17) is 15.2 Å². The molecule has 2 aromatic rings. The number of amides is 1. The minimum Gasteiger partial charge on any atom is -0.493 e. The van der Waals surface area contributed by atoms with E-state index in [-0.39, 0.29) is 35.8 Å². The number of anilines is 2. The molecule has 1 amide bonds. The molecular weight excluding hydrogens is 471 g/mol. The van der Waals surface area contributed by atoms with Crippen LogP contribution in [0.2, 0.25) is 0 Å². The highest BCUT2D eigenvalue weighted by molar-refractivity contribution is 14.0. The van der Waals surface area contributed by atoms with Gasteiger partial charge in [0.1, 0.15) is 0 Å². The van der Waals surface area contributed by atoms with Crippen LogP contribution in [0.3, 0.4) is 0 Å². The van der Waals surface area contributed by atoms with Crippen LogP contribution in [0.4, 0.5) is 11.4 Å². The Kier molecular flexibility index (Phi) is 10.1. The molecule has 7 nitrogen and oxygen atoms in total. The van der Waals surface area contributed by atoms with E-state index in [0.29, 0.717) is 24.5 Å². The third kappa shape index (κ3) is 7.26. The van der Waals surface area contributed by atoms with Gasteiger partial charge in [0, 0.05) is 23.9 Å². The second-order valence-corrected chi connectivity index (χ2v) is 5.89. The quantitative estimate of drug-likeness (QED) is 0.291. The SMILES string of the molecule is CCCC(=O)Nc1cccc(CN=C(N)Nc2ccc(OC)c(OC)c2)c1.I. The van der Waals surface area contributed by atoms with Crippen molar-refractivity contribution in [2.24, 2.45) is 10.7 Å². The summed E-state index contributed by atoms with van der Waals surface area (Å²) in [4.78, 5) is 16.0. The Morgan fingerprint density at radius 3 is 2.43 bits per heavy atom. The van der Waals surface area contributed by atoms with Crippen molar-refractivity contribution >= 4 is 47.2 Å². The highest BCUT2D eigenvalue weighted by Crippen LogP contribution is 2.29. The summed E-state index contributed by atoms with van der Waals surface area (Å²) in [7, 11) is 3.16. The number of guanidine groups is 1. The fraction of sp³-hybridized carbons (Fsp3) is 0.300. The van der Waals surface area contributed by atoms with Crippen molar-refractivity contribution < 1.29 is 14.3 Å². The van der Waals surface area contributed by atoms with Gasteiger partial charge in [0.2, 0.25) is 5.91 Å². The number of methoxy groups -OCH3 is 2. The minimum absolute atomic E-state index is 0. The fourth-order valence-electron chi connectivity index (χ4n) is 2.48. The lowest BCUT2D eigenvalue weighted by molar-refractivity contribution is -0.116. The first kappa shape index (κ1) is 23.5. The van der Waals surface area contributed by atoms with Crippen LogP contribution in [-0.4, -0.2) is 26.1 Å². The summed E-state index contributed by atoms with van der Waals surface area (Å²) in [5.74, 6) is 1.53. The van der Waals surface area contributed by atoms with E-state index in [0.717, 1.165) is 23.4 Å². The lowest BCUT2D eigenvalue weighted by Gasteiger charge is -2.11. The van der Waals surface area contributed by atoms with Crippen LogP contribution in [0.1, 0.15) is 25.3 Å². The number of nitrogens with two attached hydrogens (primary N) is 1. The molecule has 0 aromatic heterocycles. The molecule has 152 valence electrons. The van der Waals surface area contributed by atoms with E-state index >= 15 is 0 Å². The van der Waals surface area contributed by atoms with Crippen LogP contribution in [0.25, 0.3) is 0 Å². The Bertz CT molecular complexity index is 812. The van der Waals surface area contributed by atoms with E-state index in [1.54, 1.807) is 26.4 Å². The van der Waals surface area contributed by atoms with Crippen molar-refractivity contribution in [3.05, 3.63) is 48.0 Å². The third-order valence-corrected chi connectivity index (χ3v) is 3.78. The summed E-state index contributed by atoms with van der Waals surface area (Å²) in [6, 6.07) is 13.0. The van der Waals surface area contributed by atoms with Gasteiger partial charge in [-0.3, -0.25) is 4.79 Å². The van der Waals surface area contributed by atoms with E-state index in [1.807, 2.05) is 37.3 Å². The van der Waals surface area contributed by atoms with Crippen molar-refractivity contribution in [3.63, 3.8) is 0 Å². The van der Waals surface area contributed by atoms with Crippen LogP contribution < -0.4 is 25.8 Å². The summed E-state index contributed by atoms with van der Waals surface area (Å²) in [6.45, 7) is 2.36. The van der Waals surface area contributed by atoms with Crippen LogP contribution in [-0.2, 0) is 11.3 Å². The standard InChI is InChI=1S/C20H26N4O3.HI/c1-4-6-19(25)23-15-8-5-7-14(11-15)13-22-20(21)24-16-9-10-17(26-2)18(12-16)27-3;/h5,7-12H,4,6,13H2,1-3H3,(H,23,25)(H3,21,22,24);1H. The zero-order chi connectivity index (χ0) is 19.6. The van der Waals surface area contributed by atoms with E-state index in [2.05, 4.69) is 15.6 Å². The maximum absolute atomic E-state index is 11.7. The Labute approximate surface area is 182 Å². The average Bonchev–Trinajstić information content (AvgIpc) is 2.66. The van der Waals surface area contributed by atoms with Gasteiger partial charge >= 0.3 is 0 Å². The molecule has 0 unspecified atom stereocenters. The zero-order valence-electron chi connectivity index (χ0n) is 16.3. The van der Waals surface area contributed by atoms with Crippen LogP contribution in [0, 0.1) is 0 Å². The Balaban J connectivity index is 0.00000392. The van der Waals surface area contributed by atoms with Gasteiger partial charge in [-0.25, -0.2) is 4.99 Å². The maximum atomic E-state index is 11.7. The number of carbonyl (C=O) groups excluding carboxylic acids is 1. The van der Waals surface area contributed by atoms with Gasteiger partial charge < -0.3 is 25.8 Å². The molecule has 0 bridgehead atoms. The number of hydrogen-bond acceptors (Lipinski definition) is 4. The number of carbonyl (C=O) groups is 1. The number of aliphatic imine (C=N–C) groups is 1. The Morgan fingerprint density at radius 2 is 1.75 bits per heavy atom. The summed E-state index contributed by atoms with van der Waals surface area (Å²) >= 11 is 0. The normalized spacial score (nSPS) is 10.6. The molecule has 0 atom stereocenters. The highest BCUT2D eigenvalue weighted by atomic mass is 127. The lowest BCUT2D eigenvalue weighted by atomic mass is 10.2. The highest BCUT2D eigenvalue weighted by Gasteiger charge is 2.05. The molecule has 0 fully saturated rings. The molecule has 0 spiro atoms. The van der Waals surface area contributed by atoms with Gasteiger partial charge in [-0.2, -0.15) is 0 Å². The van der Waals surface area contributed by atoms with Crippen LogP contribution >= 0.6 is 24.0 Å². The van der Waals surface area contributed by atoms with E-state index < -0.39 is 0 Å². The number of ether oxygens (including phenoxy) is 2. The number of rotatable bonds is 8. The predicted molar refractivity (Wildman–Crippen MR) is 124 cm³/mol. The largest absolute Gasteiger partial charge is 0.493 e. The molecule has 2 rings (SSSR count). The smallest absolute Gasteiger partial charge is 0.224 e. The third-order valence-electron chi connectivity index (χ3n) is 3.78. The minimum atomic E-state index is 0. The summed E-state index contributed by atoms with van der Waals surface area (Å²) < 4.78 is 10.5. The fourth-order valence-corrected chi connectivity index (χ4v) is 2.48. The maximum Gasteiger partial charge on any atom is 0.224 e. The van der Waals surface area contributed by atoms with Gasteiger partial charge in [-0.05, 0) is 36.2 Å². The molecule has 0 aliphatic heterocycles. The molecule has 0 aliphatic rings. The lowest BCUT2D eigenvalue weighted by Crippen LogP contribution is -2.22. The molecule has 0 heterocycles. The summed E-state index contributed by atoms with van der Waals surface area (Å²) in [5.41, 5.74) is 8.42. The van der Waals surface area contributed by atoms with Gasteiger partial charge in [-0.1, -0.05) is 19.1 Å². The first-order chi connectivity index (χ1) is 13.0. The molecule has 4 N–H and O–H groups in total. The molecular formula is C20H27IN4O3. The predicted octanol–water partition coefficient (Wildman–Crippen LogP) is 3.99.